The molecule has 1 heterocycles. The van der Waals surface area contributed by atoms with Crippen LogP contribution in [0.2, 0.25) is 0 Å². The van der Waals surface area contributed by atoms with Crippen molar-refractivity contribution in [1.29, 1.82) is 0 Å². The van der Waals surface area contributed by atoms with Crippen LogP contribution < -0.4 is 10.5 Å². The third-order valence-electron chi connectivity index (χ3n) is 2.71. The predicted octanol–water partition coefficient (Wildman–Crippen LogP) is 2.68. The summed E-state index contributed by atoms with van der Waals surface area (Å²) >= 11 is 0. The van der Waals surface area contributed by atoms with Gasteiger partial charge in [-0.3, -0.25) is 0 Å². The van der Waals surface area contributed by atoms with E-state index in [0.29, 0.717) is 5.69 Å². The highest BCUT2D eigenvalue weighted by molar-refractivity contribution is 5.84. The Balaban J connectivity index is 2.43. The molecule has 0 saturated heterocycles. The van der Waals surface area contributed by atoms with Crippen LogP contribution in [0.1, 0.15) is 16.8 Å². The number of hydrogen-bond donors (Lipinski definition) is 1. The smallest absolute Gasteiger partial charge is 0.419 e. The van der Waals surface area contributed by atoms with Crippen molar-refractivity contribution in [3.05, 3.63) is 41.2 Å². The summed E-state index contributed by atoms with van der Waals surface area (Å²) < 4.78 is 44.8. The van der Waals surface area contributed by atoms with Gasteiger partial charge in [-0.05, 0) is 19.1 Å². The number of aromatic nitrogens is 2. The number of methoxy groups -OCH3 is 1. The van der Waals surface area contributed by atoms with Crippen molar-refractivity contribution in [2.75, 3.05) is 12.8 Å². The molecule has 0 aliphatic rings. The Morgan fingerprint density at radius 1 is 1.38 bits per heavy atom. The Bertz CT molecular complexity index is 677. The first-order valence-electron chi connectivity index (χ1n) is 5.93. The highest BCUT2D eigenvalue weighted by atomic mass is 19.4. The number of hydrogen-bond acceptors (Lipinski definition) is 4. The number of ether oxygens (including phenoxy) is 1. The molecule has 0 bridgehead atoms. The number of nitrogens with two attached hydrogens (primary N) is 1. The van der Waals surface area contributed by atoms with Crippen LogP contribution in [0.3, 0.4) is 0 Å². The number of para-hydroxylation sites is 1. The number of alkyl halides is 3. The molecule has 1 aromatic heterocycles. The van der Waals surface area contributed by atoms with E-state index in [9.17, 15) is 13.2 Å². The molecule has 5 nitrogen and oxygen atoms in total. The van der Waals surface area contributed by atoms with Crippen molar-refractivity contribution in [2.24, 2.45) is 5.10 Å². The Kier molecular flexibility index (Phi) is 3.88. The van der Waals surface area contributed by atoms with Gasteiger partial charge in [0.15, 0.2) is 0 Å². The third kappa shape index (κ3) is 3.15. The molecule has 0 amide bonds. The Morgan fingerprint density at radius 3 is 2.62 bits per heavy atom. The van der Waals surface area contributed by atoms with Crippen LogP contribution in [-0.2, 0) is 6.18 Å². The minimum absolute atomic E-state index is 0.148. The summed E-state index contributed by atoms with van der Waals surface area (Å²) in [5.74, 6) is -0.140. The van der Waals surface area contributed by atoms with Crippen molar-refractivity contribution in [3.63, 3.8) is 0 Å². The first kappa shape index (κ1) is 14.9. The number of rotatable bonds is 3. The molecule has 0 aliphatic carbocycles. The van der Waals surface area contributed by atoms with E-state index >= 15 is 0 Å². The van der Waals surface area contributed by atoms with E-state index in [1.165, 1.54) is 30.1 Å². The maximum absolute atomic E-state index is 12.9. The van der Waals surface area contributed by atoms with E-state index < -0.39 is 11.7 Å². The second-order valence-corrected chi connectivity index (χ2v) is 4.26. The number of anilines is 1. The van der Waals surface area contributed by atoms with Gasteiger partial charge in [0.05, 0.1) is 30.8 Å². The summed E-state index contributed by atoms with van der Waals surface area (Å²) in [6.45, 7) is 1.73. The SMILES string of the molecule is COc1c(C=Nn2cc(C)nc2N)cccc1C(F)(F)F. The van der Waals surface area contributed by atoms with Crippen LogP contribution >= 0.6 is 0 Å². The first-order chi connectivity index (χ1) is 9.82. The van der Waals surface area contributed by atoms with E-state index in [-0.39, 0.29) is 17.3 Å². The summed E-state index contributed by atoms with van der Waals surface area (Å²) in [5.41, 5.74) is 5.59. The lowest BCUT2D eigenvalue weighted by Gasteiger charge is -2.13. The lowest BCUT2D eigenvalue weighted by molar-refractivity contribution is -0.138. The minimum atomic E-state index is -4.50. The highest BCUT2D eigenvalue weighted by Crippen LogP contribution is 2.37. The third-order valence-corrected chi connectivity index (χ3v) is 2.71. The largest absolute Gasteiger partial charge is 0.495 e. The zero-order valence-corrected chi connectivity index (χ0v) is 11.3. The van der Waals surface area contributed by atoms with Gasteiger partial charge < -0.3 is 10.5 Å². The molecule has 0 fully saturated rings. The van der Waals surface area contributed by atoms with Crippen molar-refractivity contribution >= 4 is 12.2 Å². The number of aryl methyl sites for hydroxylation is 1. The molecule has 2 aromatic rings. The van der Waals surface area contributed by atoms with Crippen molar-refractivity contribution in [2.45, 2.75) is 13.1 Å². The number of nitrogens with zero attached hydrogens (tertiary/aromatic N) is 3. The molecule has 1 aromatic carbocycles. The number of nitrogen functional groups attached to an aromatic ring is 1. The monoisotopic (exact) mass is 298 g/mol. The van der Waals surface area contributed by atoms with Gasteiger partial charge in [-0.2, -0.15) is 18.3 Å². The van der Waals surface area contributed by atoms with Crippen molar-refractivity contribution in [3.8, 4) is 5.75 Å². The summed E-state index contributed by atoms with van der Waals surface area (Å²) in [6, 6.07) is 3.71. The molecule has 2 N–H and O–H groups in total. The van der Waals surface area contributed by atoms with Crippen LogP contribution in [0.5, 0.6) is 5.75 Å². The maximum Gasteiger partial charge on any atom is 0.419 e. The van der Waals surface area contributed by atoms with Crippen molar-refractivity contribution in [1.82, 2.24) is 9.66 Å². The quantitative estimate of drug-likeness (QED) is 0.886. The van der Waals surface area contributed by atoms with Gasteiger partial charge >= 0.3 is 6.18 Å². The fourth-order valence-electron chi connectivity index (χ4n) is 1.83. The predicted molar refractivity (Wildman–Crippen MR) is 72.4 cm³/mol. The fourth-order valence-corrected chi connectivity index (χ4v) is 1.83. The standard InChI is InChI=1S/C13H13F3N4O/c1-8-7-20(12(17)19-8)18-6-9-4-3-5-10(11(9)21-2)13(14,15)16/h3-7H,1-2H3,(H2,17,19). The van der Waals surface area contributed by atoms with Gasteiger partial charge in [-0.25, -0.2) is 9.66 Å². The normalized spacial score (nSPS) is 12.0. The molecule has 8 heteroatoms. The number of halogens is 3. The summed E-state index contributed by atoms with van der Waals surface area (Å²) in [6.07, 6.45) is -1.70. The molecule has 0 radical (unpaired) electrons. The molecule has 0 unspecified atom stereocenters. The maximum atomic E-state index is 12.9. The van der Waals surface area contributed by atoms with E-state index in [1.54, 1.807) is 13.1 Å². The van der Waals surface area contributed by atoms with Crippen LogP contribution in [0.25, 0.3) is 0 Å². The zero-order valence-electron chi connectivity index (χ0n) is 11.3. The molecule has 0 saturated carbocycles. The second kappa shape index (κ2) is 5.47. The number of benzene rings is 1. The fraction of sp³-hybridized carbons (Fsp3) is 0.231. The van der Waals surface area contributed by atoms with Crippen LogP contribution in [0.4, 0.5) is 19.1 Å². The van der Waals surface area contributed by atoms with Gasteiger partial charge in [0.1, 0.15) is 5.75 Å². The van der Waals surface area contributed by atoms with Crippen LogP contribution in [0.15, 0.2) is 29.5 Å². The van der Waals surface area contributed by atoms with Gasteiger partial charge in [-0.1, -0.05) is 6.07 Å². The summed E-state index contributed by atoms with van der Waals surface area (Å²) in [5, 5.41) is 3.99. The Labute approximate surface area is 118 Å². The average molecular weight is 298 g/mol. The second-order valence-electron chi connectivity index (χ2n) is 4.26. The van der Waals surface area contributed by atoms with Crippen LogP contribution in [-0.4, -0.2) is 23.0 Å². The summed E-state index contributed by atoms with van der Waals surface area (Å²) in [4.78, 5) is 3.94. The van der Waals surface area contributed by atoms with Gasteiger partial charge in [0.25, 0.3) is 0 Å². The molecular formula is C13H13F3N4O. The van der Waals surface area contributed by atoms with Crippen molar-refractivity contribution < 1.29 is 17.9 Å². The lowest BCUT2D eigenvalue weighted by atomic mass is 10.1. The van der Waals surface area contributed by atoms with Gasteiger partial charge in [-0.15, -0.1) is 0 Å². The average Bonchev–Trinajstić information content (AvgIpc) is 2.73. The zero-order chi connectivity index (χ0) is 15.6. The topological polar surface area (TPSA) is 65.4 Å². The summed E-state index contributed by atoms with van der Waals surface area (Å²) in [7, 11) is 1.18. The molecule has 0 atom stereocenters. The van der Waals surface area contributed by atoms with E-state index in [1.807, 2.05) is 0 Å². The molecule has 21 heavy (non-hydrogen) atoms. The molecule has 0 spiro atoms. The van der Waals surface area contributed by atoms with E-state index in [2.05, 4.69) is 10.1 Å². The molecule has 2 rings (SSSR count). The Hall–Kier alpha value is -2.51. The molecule has 0 aliphatic heterocycles. The van der Waals surface area contributed by atoms with E-state index in [0.717, 1.165) is 6.07 Å². The first-order valence-corrected chi connectivity index (χ1v) is 5.93. The molecule has 112 valence electrons. The van der Waals surface area contributed by atoms with Gasteiger partial charge in [0.2, 0.25) is 5.95 Å². The lowest BCUT2D eigenvalue weighted by Crippen LogP contribution is -2.09. The molecular weight excluding hydrogens is 285 g/mol. The minimum Gasteiger partial charge on any atom is -0.495 e. The van der Waals surface area contributed by atoms with Gasteiger partial charge in [0, 0.05) is 5.56 Å². The van der Waals surface area contributed by atoms with Crippen LogP contribution in [0, 0.1) is 6.92 Å². The highest BCUT2D eigenvalue weighted by Gasteiger charge is 2.34. The number of imidazole rings is 1. The van der Waals surface area contributed by atoms with E-state index in [4.69, 9.17) is 10.5 Å². The Morgan fingerprint density at radius 2 is 2.10 bits per heavy atom.